The molecule has 0 saturated heterocycles. The van der Waals surface area contributed by atoms with Crippen molar-refractivity contribution in [1.29, 1.82) is 0 Å². The van der Waals surface area contributed by atoms with Gasteiger partial charge in [-0.25, -0.2) is 4.98 Å². The second-order valence-electron chi connectivity index (χ2n) is 7.96. The first kappa shape index (κ1) is 21.5. The largest absolute Gasteiger partial charge is 0.354 e. The molecule has 0 fully saturated rings. The Hall–Kier alpha value is -3.77. The van der Waals surface area contributed by atoms with E-state index in [2.05, 4.69) is 22.4 Å². The molecule has 3 N–H and O–H groups in total. The Bertz CT molecular complexity index is 1240. The van der Waals surface area contributed by atoms with Crippen LogP contribution < -0.4 is 16.6 Å². The van der Waals surface area contributed by atoms with Gasteiger partial charge in [-0.3, -0.25) is 14.3 Å². The summed E-state index contributed by atoms with van der Waals surface area (Å²) in [6, 6.07) is 21.7. The Morgan fingerprint density at radius 3 is 2.34 bits per heavy atom. The van der Waals surface area contributed by atoms with E-state index in [0.717, 1.165) is 23.1 Å². The lowest BCUT2D eigenvalue weighted by Crippen LogP contribution is -2.34. The van der Waals surface area contributed by atoms with Gasteiger partial charge in [-0.05, 0) is 36.6 Å². The molecule has 0 aliphatic rings. The molecule has 0 aliphatic heterocycles. The van der Waals surface area contributed by atoms with E-state index in [1.54, 1.807) is 24.0 Å². The second-order valence-corrected chi connectivity index (χ2v) is 7.96. The van der Waals surface area contributed by atoms with Crippen LogP contribution >= 0.6 is 0 Å². The average Bonchev–Trinajstić information content (AvgIpc) is 2.82. The van der Waals surface area contributed by atoms with Crippen LogP contribution in [0.4, 0.5) is 5.95 Å². The Morgan fingerprint density at radius 1 is 0.969 bits per heavy atom. The van der Waals surface area contributed by atoms with Crippen molar-refractivity contribution >= 4 is 5.95 Å². The van der Waals surface area contributed by atoms with Crippen LogP contribution in [-0.2, 0) is 13.5 Å². The number of nitrogens with two attached hydrogens (primary N) is 1. The van der Waals surface area contributed by atoms with Gasteiger partial charge in [0.25, 0.3) is 5.56 Å². The van der Waals surface area contributed by atoms with Crippen molar-refractivity contribution in [2.75, 3.05) is 11.9 Å². The molecule has 162 valence electrons. The van der Waals surface area contributed by atoms with Gasteiger partial charge in [-0.15, -0.1) is 0 Å². The highest BCUT2D eigenvalue weighted by Gasteiger charge is 2.18. The van der Waals surface area contributed by atoms with E-state index in [9.17, 15) is 4.79 Å². The topological polar surface area (TPSA) is 85.8 Å². The maximum absolute atomic E-state index is 13.4. The number of nitrogens with zero attached hydrogens (tertiary/aromatic N) is 3. The molecule has 0 bridgehead atoms. The van der Waals surface area contributed by atoms with E-state index in [4.69, 9.17) is 10.7 Å². The first-order chi connectivity index (χ1) is 15.5. The smallest absolute Gasteiger partial charge is 0.263 e. The minimum absolute atomic E-state index is 0.115. The number of rotatable bonds is 7. The van der Waals surface area contributed by atoms with Gasteiger partial charge in [0.05, 0.1) is 11.3 Å². The zero-order chi connectivity index (χ0) is 22.5. The third-order valence-electron chi connectivity index (χ3n) is 5.45. The van der Waals surface area contributed by atoms with Gasteiger partial charge in [0.2, 0.25) is 5.95 Å². The number of hydrogen-bond acceptors (Lipinski definition) is 5. The normalized spacial score (nSPS) is 11.8. The molecule has 32 heavy (non-hydrogen) atoms. The van der Waals surface area contributed by atoms with Crippen molar-refractivity contribution in [3.8, 4) is 22.4 Å². The van der Waals surface area contributed by atoms with Crippen molar-refractivity contribution in [2.24, 2.45) is 12.8 Å². The number of anilines is 1. The number of benzene rings is 2. The highest BCUT2D eigenvalue weighted by Crippen LogP contribution is 2.28. The number of aromatic nitrogens is 3. The van der Waals surface area contributed by atoms with Crippen LogP contribution in [0.3, 0.4) is 0 Å². The van der Waals surface area contributed by atoms with Crippen LogP contribution in [0, 0.1) is 6.92 Å². The quantitative estimate of drug-likeness (QED) is 0.470. The monoisotopic (exact) mass is 425 g/mol. The molecule has 2 heterocycles. The molecule has 4 rings (SSSR count). The summed E-state index contributed by atoms with van der Waals surface area (Å²) in [4.78, 5) is 22.4. The fourth-order valence-electron chi connectivity index (χ4n) is 3.67. The molecule has 6 heteroatoms. The van der Waals surface area contributed by atoms with E-state index < -0.39 is 0 Å². The van der Waals surface area contributed by atoms with Gasteiger partial charge in [0.15, 0.2) is 0 Å². The zero-order valence-corrected chi connectivity index (χ0v) is 18.3. The van der Waals surface area contributed by atoms with E-state index in [1.807, 2.05) is 61.5 Å². The third kappa shape index (κ3) is 4.76. The van der Waals surface area contributed by atoms with Crippen molar-refractivity contribution in [2.45, 2.75) is 19.4 Å². The third-order valence-corrected chi connectivity index (χ3v) is 5.45. The molecule has 2 aromatic carbocycles. The summed E-state index contributed by atoms with van der Waals surface area (Å²) >= 11 is 0. The van der Waals surface area contributed by atoms with Gasteiger partial charge in [-0.1, -0.05) is 60.2 Å². The summed E-state index contributed by atoms with van der Waals surface area (Å²) < 4.78 is 1.55. The fraction of sp³-hybridized carbons (Fsp3) is 0.192. The molecular formula is C26H27N5O. The summed E-state index contributed by atoms with van der Waals surface area (Å²) in [6.45, 7) is 2.52. The van der Waals surface area contributed by atoms with Crippen LogP contribution in [-0.4, -0.2) is 27.1 Å². The Balaban J connectivity index is 1.69. The maximum Gasteiger partial charge on any atom is 0.263 e. The number of pyridine rings is 1. The fourth-order valence-corrected chi connectivity index (χ4v) is 3.67. The van der Waals surface area contributed by atoms with Crippen LogP contribution in [0.2, 0.25) is 0 Å². The minimum Gasteiger partial charge on any atom is -0.354 e. The van der Waals surface area contributed by atoms with Crippen LogP contribution in [0.5, 0.6) is 0 Å². The van der Waals surface area contributed by atoms with Crippen LogP contribution in [0.25, 0.3) is 22.4 Å². The van der Waals surface area contributed by atoms with Gasteiger partial charge >= 0.3 is 0 Å². The molecule has 1 atom stereocenters. The van der Waals surface area contributed by atoms with E-state index in [1.165, 1.54) is 5.56 Å². The molecule has 2 aromatic heterocycles. The predicted octanol–water partition coefficient (Wildman–Crippen LogP) is 3.80. The van der Waals surface area contributed by atoms with Gasteiger partial charge in [0, 0.05) is 37.6 Å². The highest BCUT2D eigenvalue weighted by molar-refractivity contribution is 5.80. The Morgan fingerprint density at radius 2 is 1.66 bits per heavy atom. The van der Waals surface area contributed by atoms with E-state index in [0.29, 0.717) is 23.8 Å². The maximum atomic E-state index is 13.4. The number of hydrogen-bond donors (Lipinski definition) is 2. The molecular weight excluding hydrogens is 398 g/mol. The molecule has 4 aromatic rings. The van der Waals surface area contributed by atoms with Crippen molar-refractivity contribution in [1.82, 2.24) is 14.5 Å². The standard InChI is InChI=1S/C26H27N5O/c1-18-8-10-20(11-9-18)23-24(21-12-14-28-15-13-21)30-26(31(2)25(23)32)29-17-22(27)16-19-6-4-3-5-7-19/h3-15,22H,16-17,27H2,1-2H3,(H,29,30)/t22-/m0/s1. The van der Waals surface area contributed by atoms with Crippen molar-refractivity contribution < 1.29 is 0 Å². The van der Waals surface area contributed by atoms with Gasteiger partial charge in [-0.2, -0.15) is 0 Å². The molecule has 0 radical (unpaired) electrons. The molecule has 0 aliphatic carbocycles. The molecule has 6 nitrogen and oxygen atoms in total. The van der Waals surface area contributed by atoms with Crippen molar-refractivity contribution in [3.63, 3.8) is 0 Å². The Kier molecular flexibility index (Phi) is 6.42. The minimum atomic E-state index is -0.116. The summed E-state index contributed by atoms with van der Waals surface area (Å²) in [6.07, 6.45) is 4.15. The first-order valence-electron chi connectivity index (χ1n) is 10.6. The molecule has 0 saturated carbocycles. The highest BCUT2D eigenvalue weighted by atomic mass is 16.1. The lowest BCUT2D eigenvalue weighted by molar-refractivity contribution is 0.688. The SMILES string of the molecule is Cc1ccc(-c2c(-c3ccncc3)nc(NC[C@@H](N)Cc3ccccc3)n(C)c2=O)cc1. The average molecular weight is 426 g/mol. The molecule has 0 amide bonds. The summed E-state index contributed by atoms with van der Waals surface area (Å²) in [5, 5.41) is 3.28. The summed E-state index contributed by atoms with van der Waals surface area (Å²) in [5.74, 6) is 0.487. The van der Waals surface area contributed by atoms with E-state index in [-0.39, 0.29) is 11.6 Å². The van der Waals surface area contributed by atoms with Gasteiger partial charge in [0.1, 0.15) is 0 Å². The van der Waals surface area contributed by atoms with Crippen molar-refractivity contribution in [3.05, 3.63) is 101 Å². The predicted molar refractivity (Wildman–Crippen MR) is 129 cm³/mol. The van der Waals surface area contributed by atoms with E-state index >= 15 is 0 Å². The Labute approximate surface area is 187 Å². The van der Waals surface area contributed by atoms with Crippen LogP contribution in [0.15, 0.2) is 83.9 Å². The summed E-state index contributed by atoms with van der Waals surface area (Å²) in [5.41, 5.74) is 11.4. The lowest BCUT2D eigenvalue weighted by atomic mass is 10.00. The molecule has 0 spiro atoms. The first-order valence-corrected chi connectivity index (χ1v) is 10.6. The zero-order valence-electron chi connectivity index (χ0n) is 18.3. The van der Waals surface area contributed by atoms with Crippen LogP contribution in [0.1, 0.15) is 11.1 Å². The second kappa shape index (κ2) is 9.58. The summed E-state index contributed by atoms with van der Waals surface area (Å²) in [7, 11) is 1.73. The number of aryl methyl sites for hydroxylation is 1. The molecule has 0 unspecified atom stereocenters. The lowest BCUT2D eigenvalue weighted by Gasteiger charge is -2.18. The number of nitrogens with one attached hydrogen (secondary N) is 1. The van der Waals surface area contributed by atoms with Gasteiger partial charge < -0.3 is 11.1 Å².